The van der Waals surface area contributed by atoms with E-state index in [-0.39, 0.29) is 17.0 Å². The van der Waals surface area contributed by atoms with Crippen LogP contribution < -0.4 is 5.32 Å². The van der Waals surface area contributed by atoms with E-state index in [4.69, 9.17) is 0 Å². The van der Waals surface area contributed by atoms with Gasteiger partial charge >= 0.3 is 5.00 Å². The Balaban J connectivity index is 2.00. The lowest BCUT2D eigenvalue weighted by Gasteiger charge is -2.23. The predicted molar refractivity (Wildman–Crippen MR) is 84.1 cm³/mol. The van der Waals surface area contributed by atoms with E-state index >= 15 is 0 Å². The highest BCUT2D eigenvalue weighted by Gasteiger charge is 2.18. The second-order valence-corrected chi connectivity index (χ2v) is 6.48. The van der Waals surface area contributed by atoms with Gasteiger partial charge in [-0.05, 0) is 42.6 Å². The van der Waals surface area contributed by atoms with Crippen LogP contribution in [0.2, 0.25) is 0 Å². The minimum Gasteiger partial charge on any atom is -0.349 e. The molecular formula is C13H15N3O3S2. The van der Waals surface area contributed by atoms with Crippen LogP contribution in [0.25, 0.3) is 0 Å². The first-order valence-corrected chi connectivity index (χ1v) is 7.96. The lowest BCUT2D eigenvalue weighted by atomic mass is 10.1. The molecule has 0 aliphatic rings. The predicted octanol–water partition coefficient (Wildman–Crippen LogP) is 2.75. The zero-order valence-electron chi connectivity index (χ0n) is 11.6. The number of hydrogen-bond donors (Lipinski definition) is 1. The third-order valence-corrected chi connectivity index (χ3v) is 4.74. The van der Waals surface area contributed by atoms with Gasteiger partial charge in [-0.25, -0.2) is 0 Å². The molecule has 1 N–H and O–H groups in total. The van der Waals surface area contributed by atoms with E-state index in [1.807, 2.05) is 35.8 Å². The zero-order valence-corrected chi connectivity index (χ0v) is 13.2. The fraction of sp³-hybridized carbons (Fsp3) is 0.308. The Kier molecular flexibility index (Phi) is 5.05. The number of rotatable bonds is 6. The zero-order chi connectivity index (χ0) is 15.4. The topological polar surface area (TPSA) is 75.5 Å². The summed E-state index contributed by atoms with van der Waals surface area (Å²) in [5.74, 6) is -0.282. The molecule has 6 nitrogen and oxygen atoms in total. The third-order valence-electron chi connectivity index (χ3n) is 3.00. The molecule has 0 aliphatic carbocycles. The van der Waals surface area contributed by atoms with Gasteiger partial charge < -0.3 is 10.2 Å². The number of amides is 1. The molecule has 8 heteroatoms. The van der Waals surface area contributed by atoms with Crippen LogP contribution in [0.3, 0.4) is 0 Å². The number of carbonyl (C=O) groups excluding carboxylic acids is 1. The maximum atomic E-state index is 12.0. The molecule has 2 aromatic heterocycles. The summed E-state index contributed by atoms with van der Waals surface area (Å²) in [5.41, 5.74) is 1.14. The average molecular weight is 325 g/mol. The Hall–Kier alpha value is -1.77. The van der Waals surface area contributed by atoms with Gasteiger partial charge in [-0.3, -0.25) is 14.9 Å². The maximum Gasteiger partial charge on any atom is 0.324 e. The van der Waals surface area contributed by atoms with Crippen molar-refractivity contribution in [3.05, 3.63) is 49.5 Å². The van der Waals surface area contributed by atoms with Crippen molar-refractivity contribution in [2.75, 3.05) is 20.6 Å². The minimum atomic E-state index is -0.491. The van der Waals surface area contributed by atoms with Crippen molar-refractivity contribution in [2.45, 2.75) is 6.04 Å². The van der Waals surface area contributed by atoms with Crippen molar-refractivity contribution in [2.24, 2.45) is 0 Å². The van der Waals surface area contributed by atoms with Crippen LogP contribution in [0.4, 0.5) is 5.00 Å². The van der Waals surface area contributed by atoms with E-state index in [2.05, 4.69) is 5.32 Å². The van der Waals surface area contributed by atoms with Gasteiger partial charge in [0.05, 0.1) is 15.8 Å². The maximum absolute atomic E-state index is 12.0. The molecule has 0 radical (unpaired) electrons. The van der Waals surface area contributed by atoms with E-state index < -0.39 is 4.92 Å². The number of nitrogens with one attached hydrogen (secondary N) is 1. The van der Waals surface area contributed by atoms with Crippen LogP contribution in [0.5, 0.6) is 0 Å². The van der Waals surface area contributed by atoms with Crippen molar-refractivity contribution < 1.29 is 9.72 Å². The van der Waals surface area contributed by atoms with Crippen molar-refractivity contribution in [3.63, 3.8) is 0 Å². The number of nitro groups is 1. The van der Waals surface area contributed by atoms with E-state index in [0.29, 0.717) is 11.4 Å². The fourth-order valence-electron chi connectivity index (χ4n) is 1.89. The number of hydrogen-bond acceptors (Lipinski definition) is 6. The molecule has 21 heavy (non-hydrogen) atoms. The van der Waals surface area contributed by atoms with Gasteiger partial charge in [0.25, 0.3) is 5.91 Å². The summed E-state index contributed by atoms with van der Waals surface area (Å²) in [6.45, 7) is 0.453. The first kappa shape index (κ1) is 15.6. The average Bonchev–Trinajstić information content (AvgIpc) is 3.09. The summed E-state index contributed by atoms with van der Waals surface area (Å²) in [6, 6.07) is 4.93. The highest BCUT2D eigenvalue weighted by Crippen LogP contribution is 2.24. The monoisotopic (exact) mass is 325 g/mol. The molecular weight excluding hydrogens is 310 g/mol. The molecule has 0 fully saturated rings. The van der Waals surface area contributed by atoms with Crippen LogP contribution in [0, 0.1) is 10.1 Å². The normalized spacial score (nSPS) is 12.3. The summed E-state index contributed by atoms with van der Waals surface area (Å²) < 4.78 is 0. The number of carbonyl (C=O) groups is 1. The van der Waals surface area contributed by atoms with Gasteiger partial charge in [-0.1, -0.05) is 11.3 Å². The summed E-state index contributed by atoms with van der Waals surface area (Å²) in [7, 11) is 3.90. The summed E-state index contributed by atoms with van der Waals surface area (Å²) in [5, 5.41) is 17.5. The van der Waals surface area contributed by atoms with Crippen LogP contribution in [-0.2, 0) is 0 Å². The fourth-order valence-corrected chi connectivity index (χ4v) is 3.33. The Labute approximate surface area is 130 Å². The van der Waals surface area contributed by atoms with Gasteiger partial charge in [-0.15, -0.1) is 0 Å². The quantitative estimate of drug-likeness (QED) is 0.654. The van der Waals surface area contributed by atoms with Crippen LogP contribution in [-0.4, -0.2) is 36.4 Å². The lowest BCUT2D eigenvalue weighted by Crippen LogP contribution is -2.34. The minimum absolute atomic E-state index is 0.0258. The van der Waals surface area contributed by atoms with Gasteiger partial charge in [0.2, 0.25) is 0 Å². The molecule has 1 amide bonds. The Morgan fingerprint density at radius 2 is 2.19 bits per heavy atom. The first-order valence-electron chi connectivity index (χ1n) is 6.20. The summed E-state index contributed by atoms with van der Waals surface area (Å²) in [6.07, 6.45) is 0. The molecule has 2 heterocycles. The standard InChI is InChI=1S/C13H15N3O3S2/c1-15(2)10(9-5-6-20-8-9)7-14-13(17)11-3-4-12(21-11)16(18)19/h3-6,8,10H,7H2,1-2H3,(H,14,17)/t10-/m1/s1. The highest BCUT2D eigenvalue weighted by molar-refractivity contribution is 7.17. The van der Waals surface area contributed by atoms with Crippen LogP contribution >= 0.6 is 22.7 Å². The second kappa shape index (κ2) is 6.79. The largest absolute Gasteiger partial charge is 0.349 e. The smallest absolute Gasteiger partial charge is 0.324 e. The van der Waals surface area contributed by atoms with Gasteiger partial charge in [0.1, 0.15) is 0 Å². The molecule has 0 saturated heterocycles. The third kappa shape index (κ3) is 3.87. The van der Waals surface area contributed by atoms with Crippen molar-refractivity contribution >= 4 is 33.6 Å². The van der Waals surface area contributed by atoms with E-state index in [1.165, 1.54) is 12.1 Å². The SMILES string of the molecule is CN(C)[C@H](CNC(=O)c1ccc([N+](=O)[O-])s1)c1ccsc1. The van der Waals surface area contributed by atoms with E-state index in [1.54, 1.807) is 11.3 Å². The Bertz CT molecular complexity index is 622. The number of likely N-dealkylation sites (N-methyl/N-ethyl adjacent to an activating group) is 1. The van der Waals surface area contributed by atoms with Crippen LogP contribution in [0.15, 0.2) is 29.0 Å². The number of nitrogens with zero attached hydrogens (tertiary/aromatic N) is 2. The van der Waals surface area contributed by atoms with E-state index in [0.717, 1.165) is 16.9 Å². The van der Waals surface area contributed by atoms with Gasteiger partial charge in [0, 0.05) is 12.6 Å². The lowest BCUT2D eigenvalue weighted by molar-refractivity contribution is -0.380. The molecule has 2 aromatic rings. The summed E-state index contributed by atoms with van der Waals surface area (Å²) >= 11 is 2.49. The second-order valence-electron chi connectivity index (χ2n) is 4.64. The van der Waals surface area contributed by atoms with Gasteiger partial charge in [-0.2, -0.15) is 11.3 Å². The molecule has 0 aliphatic heterocycles. The molecule has 0 unspecified atom stereocenters. The van der Waals surface area contributed by atoms with Crippen LogP contribution in [0.1, 0.15) is 21.3 Å². The summed E-state index contributed by atoms with van der Waals surface area (Å²) in [4.78, 5) is 24.6. The van der Waals surface area contributed by atoms with Gasteiger partial charge in [0.15, 0.2) is 0 Å². The molecule has 112 valence electrons. The number of thiophene rings is 2. The Morgan fingerprint density at radius 1 is 1.43 bits per heavy atom. The highest BCUT2D eigenvalue weighted by atomic mass is 32.1. The first-order chi connectivity index (χ1) is 9.99. The van der Waals surface area contributed by atoms with Crippen molar-refractivity contribution in [1.82, 2.24) is 10.2 Å². The molecule has 0 spiro atoms. The van der Waals surface area contributed by atoms with Crippen molar-refractivity contribution in [3.8, 4) is 0 Å². The molecule has 0 bridgehead atoms. The van der Waals surface area contributed by atoms with E-state index in [9.17, 15) is 14.9 Å². The Morgan fingerprint density at radius 3 is 2.71 bits per heavy atom. The molecule has 2 rings (SSSR count). The molecule has 0 saturated carbocycles. The molecule has 1 atom stereocenters. The van der Waals surface area contributed by atoms with Crippen molar-refractivity contribution in [1.29, 1.82) is 0 Å². The molecule has 0 aromatic carbocycles.